The molecule has 1 saturated heterocycles. The minimum atomic E-state index is -0.821. The second-order valence-corrected chi connectivity index (χ2v) is 10.2. The summed E-state index contributed by atoms with van der Waals surface area (Å²) in [6, 6.07) is 20.5. The lowest BCUT2D eigenvalue weighted by atomic mass is 9.55. The molecule has 0 unspecified atom stereocenters. The van der Waals surface area contributed by atoms with Gasteiger partial charge in [-0.1, -0.05) is 76.1 Å². The van der Waals surface area contributed by atoms with E-state index in [-0.39, 0.29) is 28.3 Å². The smallest absolute Gasteiger partial charge is 0.339 e. The van der Waals surface area contributed by atoms with Crippen molar-refractivity contribution in [2.75, 3.05) is 12.0 Å². The molecule has 7 heteroatoms. The Morgan fingerprint density at radius 3 is 2.18 bits per heavy atom. The second kappa shape index (κ2) is 7.02. The lowest BCUT2D eigenvalue weighted by Gasteiger charge is -2.51. The van der Waals surface area contributed by atoms with Crippen LogP contribution in [0.1, 0.15) is 38.5 Å². The number of esters is 1. The number of benzene rings is 3. The third-order valence-corrected chi connectivity index (χ3v) is 8.81. The fourth-order valence-corrected chi connectivity index (χ4v) is 7.25. The summed E-state index contributed by atoms with van der Waals surface area (Å²) in [6.45, 7) is 0. The standard InChI is InChI=1S/C26H17BrClNO4/c1-33-25(32)16-12-13(10-11-19(16)28)29-23(30)21-20-14-6-2-4-8-17(14)26(27,22(21)24(29)31)18-9-5-3-7-15(18)20/h2-12,20-22H,1H3/t20?,21-,22+,26?/m1/s1. The van der Waals surface area contributed by atoms with Crippen LogP contribution in [0.3, 0.4) is 0 Å². The van der Waals surface area contributed by atoms with E-state index >= 15 is 0 Å². The van der Waals surface area contributed by atoms with Gasteiger partial charge in [-0.15, -0.1) is 0 Å². The highest BCUT2D eigenvalue weighted by atomic mass is 79.9. The SMILES string of the molecule is COC(=O)c1cc(N2C(=O)[C@@H]3C4c5ccccc5C(Br)(c5ccccc54)[C@@H]3C2=O)ccc1Cl. The lowest BCUT2D eigenvalue weighted by molar-refractivity contribution is -0.122. The van der Waals surface area contributed by atoms with E-state index in [9.17, 15) is 14.4 Å². The highest BCUT2D eigenvalue weighted by molar-refractivity contribution is 9.09. The molecule has 3 aromatic carbocycles. The van der Waals surface area contributed by atoms with Crippen LogP contribution >= 0.6 is 27.5 Å². The van der Waals surface area contributed by atoms with Crippen molar-refractivity contribution in [3.8, 4) is 0 Å². The van der Waals surface area contributed by atoms with Gasteiger partial charge in [-0.2, -0.15) is 0 Å². The summed E-state index contributed by atoms with van der Waals surface area (Å²) in [5, 5.41) is 0.193. The van der Waals surface area contributed by atoms with Gasteiger partial charge < -0.3 is 4.74 Å². The molecule has 0 N–H and O–H groups in total. The first-order valence-electron chi connectivity index (χ1n) is 10.5. The van der Waals surface area contributed by atoms with E-state index in [0.717, 1.165) is 22.3 Å². The van der Waals surface area contributed by atoms with Gasteiger partial charge in [-0.3, -0.25) is 9.59 Å². The van der Waals surface area contributed by atoms with Crippen LogP contribution in [0.2, 0.25) is 5.02 Å². The summed E-state index contributed by atoms with van der Waals surface area (Å²) >= 11 is 10.1. The minimum absolute atomic E-state index is 0.107. The fourth-order valence-electron chi connectivity index (χ4n) is 5.85. The number of carbonyl (C=O) groups excluding carboxylic acids is 3. The van der Waals surface area contributed by atoms with E-state index < -0.39 is 22.1 Å². The average molecular weight is 523 g/mol. The van der Waals surface area contributed by atoms with Crippen molar-refractivity contribution in [1.29, 1.82) is 0 Å². The van der Waals surface area contributed by atoms with Gasteiger partial charge in [0.1, 0.15) is 0 Å². The van der Waals surface area contributed by atoms with Crippen molar-refractivity contribution in [2.45, 2.75) is 10.2 Å². The molecule has 1 fully saturated rings. The van der Waals surface area contributed by atoms with Gasteiger partial charge in [-0.05, 0) is 40.5 Å². The Morgan fingerprint density at radius 2 is 1.58 bits per heavy atom. The van der Waals surface area contributed by atoms with E-state index in [4.69, 9.17) is 16.3 Å². The first kappa shape index (κ1) is 20.6. The van der Waals surface area contributed by atoms with Crippen molar-refractivity contribution >= 4 is 51.0 Å². The number of hydrogen-bond acceptors (Lipinski definition) is 4. The van der Waals surface area contributed by atoms with E-state index in [2.05, 4.69) is 15.9 Å². The number of amides is 2. The topological polar surface area (TPSA) is 63.7 Å². The highest BCUT2D eigenvalue weighted by Crippen LogP contribution is 2.66. The molecular formula is C26H17BrClNO4. The number of ether oxygens (including phenoxy) is 1. The number of nitrogens with zero attached hydrogens (tertiary/aromatic N) is 1. The molecule has 3 aliphatic carbocycles. The van der Waals surface area contributed by atoms with Gasteiger partial charge in [0.2, 0.25) is 11.8 Å². The van der Waals surface area contributed by atoms with Crippen molar-refractivity contribution in [1.82, 2.24) is 0 Å². The summed E-state index contributed by atoms with van der Waals surface area (Å²) < 4.78 is 3.99. The molecule has 1 heterocycles. The molecule has 0 saturated carbocycles. The van der Waals surface area contributed by atoms with Crippen molar-refractivity contribution in [3.63, 3.8) is 0 Å². The zero-order chi connectivity index (χ0) is 23.1. The number of imide groups is 1. The Morgan fingerprint density at radius 1 is 0.970 bits per heavy atom. The van der Waals surface area contributed by atoms with E-state index in [1.807, 2.05) is 48.5 Å². The Kier molecular flexibility index (Phi) is 4.39. The van der Waals surface area contributed by atoms with E-state index in [0.29, 0.717) is 5.69 Å². The van der Waals surface area contributed by atoms with Crippen molar-refractivity contribution < 1.29 is 19.1 Å². The largest absolute Gasteiger partial charge is 0.465 e. The van der Waals surface area contributed by atoms with Gasteiger partial charge in [0.15, 0.2) is 0 Å². The molecular weight excluding hydrogens is 506 g/mol. The summed E-state index contributed by atoms with van der Waals surface area (Å²) in [5.41, 5.74) is 4.57. The summed E-state index contributed by atoms with van der Waals surface area (Å²) in [5.74, 6) is -2.60. The third-order valence-electron chi connectivity index (χ3n) is 7.13. The van der Waals surface area contributed by atoms with Crippen LogP contribution in [0.5, 0.6) is 0 Å². The number of hydrogen-bond donors (Lipinski definition) is 0. The minimum Gasteiger partial charge on any atom is -0.465 e. The van der Waals surface area contributed by atoms with E-state index in [1.54, 1.807) is 6.07 Å². The number of alkyl halides is 1. The van der Waals surface area contributed by atoms with Crippen molar-refractivity contribution in [2.24, 2.45) is 11.8 Å². The van der Waals surface area contributed by atoms with Crippen LogP contribution in [-0.4, -0.2) is 24.9 Å². The molecule has 7 rings (SSSR count). The molecule has 1 aliphatic heterocycles. The summed E-state index contributed by atoms with van der Waals surface area (Å²) in [6.07, 6.45) is 0. The van der Waals surface area contributed by atoms with Gasteiger partial charge >= 0.3 is 5.97 Å². The van der Waals surface area contributed by atoms with Crippen molar-refractivity contribution in [3.05, 3.63) is 99.6 Å². The zero-order valence-electron chi connectivity index (χ0n) is 17.4. The van der Waals surface area contributed by atoms with E-state index in [1.165, 1.54) is 24.1 Å². The van der Waals surface area contributed by atoms with Crippen LogP contribution in [-0.2, 0) is 18.7 Å². The summed E-state index contributed by atoms with van der Waals surface area (Å²) in [4.78, 5) is 41.2. The monoisotopic (exact) mass is 521 g/mol. The number of anilines is 1. The molecule has 0 aromatic heterocycles. The molecule has 2 bridgehead atoms. The van der Waals surface area contributed by atoms with Crippen LogP contribution in [0.15, 0.2) is 66.7 Å². The average Bonchev–Trinajstić information content (AvgIpc) is 3.11. The van der Waals surface area contributed by atoms with Gasteiger partial charge in [0.05, 0.1) is 39.5 Å². The quantitative estimate of drug-likeness (QED) is 0.269. The van der Waals surface area contributed by atoms with Gasteiger partial charge in [-0.25, -0.2) is 9.69 Å². The van der Waals surface area contributed by atoms with Crippen LogP contribution in [0.25, 0.3) is 0 Å². The highest BCUT2D eigenvalue weighted by Gasteiger charge is 2.67. The van der Waals surface area contributed by atoms with Crippen LogP contribution in [0, 0.1) is 11.8 Å². The van der Waals surface area contributed by atoms with Crippen LogP contribution < -0.4 is 4.90 Å². The Balaban J connectivity index is 1.55. The predicted octanol–water partition coefficient (Wildman–Crippen LogP) is 5.03. The molecule has 2 atom stereocenters. The first-order chi connectivity index (χ1) is 15.9. The zero-order valence-corrected chi connectivity index (χ0v) is 19.8. The number of carbonyl (C=O) groups is 3. The maximum atomic E-state index is 13.9. The molecule has 0 spiro atoms. The maximum Gasteiger partial charge on any atom is 0.339 e. The Hall–Kier alpha value is -2.96. The second-order valence-electron chi connectivity index (χ2n) is 8.54. The number of halogens is 2. The van der Waals surface area contributed by atoms with Gasteiger partial charge in [0.25, 0.3) is 0 Å². The fraction of sp³-hybridized carbons (Fsp3) is 0.192. The lowest BCUT2D eigenvalue weighted by Crippen LogP contribution is -2.50. The Labute approximate surface area is 203 Å². The molecule has 0 radical (unpaired) electrons. The molecule has 2 amide bonds. The normalized spacial score (nSPS) is 26.6. The third kappa shape index (κ3) is 2.51. The molecule has 164 valence electrons. The maximum absolute atomic E-state index is 13.9. The first-order valence-corrected chi connectivity index (χ1v) is 11.7. The molecule has 5 nitrogen and oxygen atoms in total. The van der Waals surface area contributed by atoms with Gasteiger partial charge in [0, 0.05) is 5.92 Å². The molecule has 4 aliphatic rings. The number of rotatable bonds is 2. The Bertz CT molecular complexity index is 1340. The molecule has 33 heavy (non-hydrogen) atoms. The summed E-state index contributed by atoms with van der Waals surface area (Å²) in [7, 11) is 1.26. The molecule has 3 aromatic rings. The number of methoxy groups -OCH3 is 1. The predicted molar refractivity (Wildman–Crippen MR) is 127 cm³/mol. The van der Waals surface area contributed by atoms with Crippen LogP contribution in [0.4, 0.5) is 5.69 Å².